The minimum atomic E-state index is 0.00617. The van der Waals surface area contributed by atoms with Gasteiger partial charge < -0.3 is 9.47 Å². The molecule has 1 aliphatic heterocycles. The first-order valence-electron chi connectivity index (χ1n) is 9.02. The van der Waals surface area contributed by atoms with Crippen LogP contribution in [0.25, 0.3) is 0 Å². The monoisotopic (exact) mass is 354 g/mol. The highest BCUT2D eigenvalue weighted by molar-refractivity contribution is 5.98. The lowest BCUT2D eigenvalue weighted by Crippen LogP contribution is -2.38. The molecule has 1 saturated heterocycles. The number of rotatable bonds is 6. The molecule has 2 aromatic rings. The first-order chi connectivity index (χ1) is 12.6. The zero-order chi connectivity index (χ0) is 18.5. The van der Waals surface area contributed by atoms with E-state index in [0.29, 0.717) is 17.1 Å². The third kappa shape index (κ3) is 4.22. The third-order valence-electron chi connectivity index (χ3n) is 4.88. The highest BCUT2D eigenvalue weighted by atomic mass is 16.5. The summed E-state index contributed by atoms with van der Waals surface area (Å²) in [5.41, 5.74) is 2.77. The summed E-state index contributed by atoms with van der Waals surface area (Å²) in [6.45, 7) is 4.56. The first kappa shape index (κ1) is 18.4. The van der Waals surface area contributed by atoms with Crippen molar-refractivity contribution in [2.75, 3.05) is 27.3 Å². The van der Waals surface area contributed by atoms with Gasteiger partial charge in [0.25, 0.3) is 0 Å². The van der Waals surface area contributed by atoms with Gasteiger partial charge in [-0.15, -0.1) is 0 Å². The Kier molecular flexibility index (Phi) is 5.89. The number of Topliss-reactive ketones (excluding diaryl/α,β-unsaturated/α-hetero) is 1. The molecule has 1 aromatic carbocycles. The van der Waals surface area contributed by atoms with Crippen molar-refractivity contribution in [3.63, 3.8) is 0 Å². The average molecular weight is 354 g/mol. The Bertz CT molecular complexity index is 776. The molecule has 5 nitrogen and oxygen atoms in total. The van der Waals surface area contributed by atoms with E-state index in [1.807, 2.05) is 31.2 Å². The maximum absolute atomic E-state index is 13.0. The van der Waals surface area contributed by atoms with Gasteiger partial charge in [-0.3, -0.25) is 14.7 Å². The Morgan fingerprint density at radius 3 is 2.73 bits per heavy atom. The van der Waals surface area contributed by atoms with Crippen molar-refractivity contribution in [3.8, 4) is 11.5 Å². The minimum absolute atomic E-state index is 0.00617. The van der Waals surface area contributed by atoms with Crippen LogP contribution in [0.4, 0.5) is 0 Å². The van der Waals surface area contributed by atoms with Gasteiger partial charge in [0, 0.05) is 30.3 Å². The molecule has 0 radical (unpaired) electrons. The number of aromatic nitrogens is 1. The van der Waals surface area contributed by atoms with Crippen LogP contribution < -0.4 is 9.47 Å². The summed E-state index contributed by atoms with van der Waals surface area (Å²) in [5, 5.41) is 0. The second-order valence-corrected chi connectivity index (χ2v) is 6.78. The number of piperidine rings is 1. The molecule has 138 valence electrons. The van der Waals surface area contributed by atoms with Crippen LogP contribution in [0.3, 0.4) is 0 Å². The van der Waals surface area contributed by atoms with E-state index >= 15 is 0 Å². The van der Waals surface area contributed by atoms with Gasteiger partial charge in [-0.1, -0.05) is 6.07 Å². The Morgan fingerprint density at radius 1 is 1.19 bits per heavy atom. The molecule has 1 aromatic heterocycles. The highest BCUT2D eigenvalue weighted by Crippen LogP contribution is 2.30. The smallest absolute Gasteiger partial charge is 0.167 e. The summed E-state index contributed by atoms with van der Waals surface area (Å²) in [7, 11) is 3.18. The molecule has 0 spiro atoms. The number of carbonyl (C=O) groups is 1. The Labute approximate surface area is 155 Å². The summed E-state index contributed by atoms with van der Waals surface area (Å²) in [6.07, 6.45) is 1.94. The number of aryl methyl sites for hydroxylation is 1. The quantitative estimate of drug-likeness (QED) is 0.743. The highest BCUT2D eigenvalue weighted by Gasteiger charge is 2.27. The van der Waals surface area contributed by atoms with Crippen molar-refractivity contribution >= 4 is 5.78 Å². The fourth-order valence-electron chi connectivity index (χ4n) is 3.56. The van der Waals surface area contributed by atoms with Crippen molar-refractivity contribution in [3.05, 3.63) is 53.3 Å². The molecule has 0 unspecified atom stereocenters. The molecule has 1 aliphatic rings. The van der Waals surface area contributed by atoms with Crippen molar-refractivity contribution < 1.29 is 14.3 Å². The number of ether oxygens (including phenoxy) is 2. The SMILES string of the molecule is COc1ccc(C(=O)[C@H]2CCCN(Cc3cccc(C)n3)C2)cc1OC. The predicted octanol–water partition coefficient (Wildman–Crippen LogP) is 3.50. The third-order valence-corrected chi connectivity index (χ3v) is 4.88. The van der Waals surface area contributed by atoms with Gasteiger partial charge in [-0.2, -0.15) is 0 Å². The van der Waals surface area contributed by atoms with Crippen LogP contribution in [0.1, 0.15) is 34.6 Å². The lowest BCUT2D eigenvalue weighted by molar-refractivity contribution is 0.0809. The van der Waals surface area contributed by atoms with Crippen LogP contribution in [-0.2, 0) is 6.54 Å². The van der Waals surface area contributed by atoms with E-state index in [1.54, 1.807) is 26.4 Å². The standard InChI is InChI=1S/C21H26N2O3/c1-15-6-4-8-18(22-15)14-23-11-5-7-17(13-23)21(24)16-9-10-19(25-2)20(12-16)26-3/h4,6,8-10,12,17H,5,7,11,13-14H2,1-3H3/t17-/m0/s1. The van der Waals surface area contributed by atoms with Crippen LogP contribution in [-0.4, -0.2) is 43.0 Å². The van der Waals surface area contributed by atoms with Crippen LogP contribution in [0.15, 0.2) is 36.4 Å². The number of benzene rings is 1. The van der Waals surface area contributed by atoms with E-state index in [1.165, 1.54) is 0 Å². The lowest BCUT2D eigenvalue weighted by atomic mass is 9.89. The molecular formula is C21H26N2O3. The number of ketones is 1. The number of likely N-dealkylation sites (tertiary alicyclic amines) is 1. The summed E-state index contributed by atoms with van der Waals surface area (Å²) in [6, 6.07) is 11.5. The molecule has 0 amide bonds. The Morgan fingerprint density at radius 2 is 2.00 bits per heavy atom. The molecule has 0 N–H and O–H groups in total. The van der Waals surface area contributed by atoms with Gasteiger partial charge in [0.1, 0.15) is 0 Å². The van der Waals surface area contributed by atoms with E-state index in [0.717, 1.165) is 43.9 Å². The maximum atomic E-state index is 13.0. The molecule has 3 rings (SSSR count). The fraction of sp³-hybridized carbons (Fsp3) is 0.429. The molecular weight excluding hydrogens is 328 g/mol. The second-order valence-electron chi connectivity index (χ2n) is 6.78. The second kappa shape index (κ2) is 8.32. The normalized spacial score (nSPS) is 17.7. The van der Waals surface area contributed by atoms with Crippen LogP contribution in [0, 0.1) is 12.8 Å². The number of hydrogen-bond acceptors (Lipinski definition) is 5. The van der Waals surface area contributed by atoms with Crippen LogP contribution >= 0.6 is 0 Å². The summed E-state index contributed by atoms with van der Waals surface area (Å²) >= 11 is 0. The van der Waals surface area contributed by atoms with Gasteiger partial charge in [0.15, 0.2) is 17.3 Å². The molecule has 0 aliphatic carbocycles. The van der Waals surface area contributed by atoms with Gasteiger partial charge >= 0.3 is 0 Å². The van der Waals surface area contributed by atoms with E-state index in [-0.39, 0.29) is 11.7 Å². The van der Waals surface area contributed by atoms with Crippen LogP contribution in [0.2, 0.25) is 0 Å². The first-order valence-corrected chi connectivity index (χ1v) is 9.02. The van der Waals surface area contributed by atoms with Gasteiger partial charge in [-0.05, 0) is 56.6 Å². The Hall–Kier alpha value is -2.40. The molecule has 1 fully saturated rings. The van der Waals surface area contributed by atoms with Gasteiger partial charge in [-0.25, -0.2) is 0 Å². The predicted molar refractivity (Wildman–Crippen MR) is 101 cm³/mol. The number of methoxy groups -OCH3 is 2. The molecule has 0 bridgehead atoms. The van der Waals surface area contributed by atoms with E-state index in [9.17, 15) is 4.79 Å². The fourth-order valence-corrected chi connectivity index (χ4v) is 3.56. The topological polar surface area (TPSA) is 51.7 Å². The summed E-state index contributed by atoms with van der Waals surface area (Å²) < 4.78 is 10.6. The van der Waals surface area contributed by atoms with E-state index in [4.69, 9.17) is 9.47 Å². The van der Waals surface area contributed by atoms with Crippen molar-refractivity contribution in [2.45, 2.75) is 26.3 Å². The zero-order valence-corrected chi connectivity index (χ0v) is 15.7. The summed E-state index contributed by atoms with van der Waals surface area (Å²) in [4.78, 5) is 19.9. The number of carbonyl (C=O) groups excluding carboxylic acids is 1. The van der Waals surface area contributed by atoms with Crippen LogP contribution in [0.5, 0.6) is 11.5 Å². The minimum Gasteiger partial charge on any atom is -0.493 e. The summed E-state index contributed by atoms with van der Waals surface area (Å²) in [5.74, 6) is 1.41. The molecule has 0 saturated carbocycles. The van der Waals surface area contributed by atoms with E-state index < -0.39 is 0 Å². The average Bonchev–Trinajstić information content (AvgIpc) is 2.67. The maximum Gasteiger partial charge on any atom is 0.167 e. The molecule has 5 heteroatoms. The van der Waals surface area contributed by atoms with Crippen molar-refractivity contribution in [1.82, 2.24) is 9.88 Å². The number of hydrogen-bond donors (Lipinski definition) is 0. The molecule has 1 atom stereocenters. The lowest BCUT2D eigenvalue weighted by Gasteiger charge is -2.31. The number of nitrogens with zero attached hydrogens (tertiary/aromatic N) is 2. The van der Waals surface area contributed by atoms with Gasteiger partial charge in [0.05, 0.1) is 19.9 Å². The molecule has 26 heavy (non-hydrogen) atoms. The zero-order valence-electron chi connectivity index (χ0n) is 15.7. The van der Waals surface area contributed by atoms with Gasteiger partial charge in [0.2, 0.25) is 0 Å². The Balaban J connectivity index is 1.70. The largest absolute Gasteiger partial charge is 0.493 e. The van der Waals surface area contributed by atoms with E-state index in [2.05, 4.69) is 9.88 Å². The van der Waals surface area contributed by atoms with Crippen molar-refractivity contribution in [2.24, 2.45) is 5.92 Å². The van der Waals surface area contributed by atoms with Crippen molar-refractivity contribution in [1.29, 1.82) is 0 Å². The molecule has 2 heterocycles. The number of pyridine rings is 1.